The Hall–Kier alpha value is -1.94. The Kier molecular flexibility index (Phi) is 4.59. The number of anilines is 1. The fraction of sp³-hybridized carbons (Fsp3) is 0.300. The first-order valence-corrected chi connectivity index (χ1v) is 8.84. The highest BCUT2D eigenvalue weighted by Crippen LogP contribution is 2.34. The van der Waals surface area contributed by atoms with E-state index in [1.54, 1.807) is 0 Å². The number of amides is 2. The van der Waals surface area contributed by atoms with Gasteiger partial charge < -0.3 is 0 Å². The molecule has 1 aliphatic heterocycles. The third-order valence-corrected chi connectivity index (χ3v) is 4.98. The van der Waals surface area contributed by atoms with Gasteiger partial charge >= 0.3 is 0 Å². The average Bonchev–Trinajstić information content (AvgIpc) is 2.73. The number of rotatable bonds is 3. The van der Waals surface area contributed by atoms with E-state index in [1.165, 1.54) is 16.0 Å². The summed E-state index contributed by atoms with van der Waals surface area (Å²) in [4.78, 5) is 26.6. The summed E-state index contributed by atoms with van der Waals surface area (Å²) in [5.74, 6) is -0.519. The molecule has 1 atom stereocenters. The molecule has 0 radical (unpaired) electrons. The van der Waals surface area contributed by atoms with Gasteiger partial charge in [-0.3, -0.25) is 9.59 Å². The van der Waals surface area contributed by atoms with Crippen molar-refractivity contribution in [1.29, 1.82) is 0 Å². The van der Waals surface area contributed by atoms with Crippen LogP contribution in [0.3, 0.4) is 0 Å². The van der Waals surface area contributed by atoms with E-state index in [4.69, 9.17) is 0 Å². The van der Waals surface area contributed by atoms with Gasteiger partial charge in [-0.15, -0.1) is 0 Å². The molecule has 0 aromatic heterocycles. The summed E-state index contributed by atoms with van der Waals surface area (Å²) in [6.45, 7) is 6.08. The van der Waals surface area contributed by atoms with Crippen LogP contribution in [0.25, 0.3) is 0 Å². The van der Waals surface area contributed by atoms with Gasteiger partial charge in [-0.25, -0.2) is 4.90 Å². The number of carbonyl (C=O) groups excluding carboxylic acids is 2. The van der Waals surface area contributed by atoms with Crippen molar-refractivity contribution >= 4 is 33.4 Å². The number of aryl methyl sites for hydroxylation is 3. The first kappa shape index (κ1) is 16.9. The highest BCUT2D eigenvalue weighted by atomic mass is 79.9. The second kappa shape index (κ2) is 6.52. The Balaban J connectivity index is 1.86. The van der Waals surface area contributed by atoms with E-state index in [0.29, 0.717) is 12.1 Å². The number of hydrogen-bond donors (Lipinski definition) is 0. The number of halogens is 1. The Morgan fingerprint density at radius 3 is 2.29 bits per heavy atom. The van der Waals surface area contributed by atoms with Crippen molar-refractivity contribution in [2.45, 2.75) is 33.6 Å². The molecule has 2 aromatic carbocycles. The van der Waals surface area contributed by atoms with E-state index >= 15 is 0 Å². The minimum atomic E-state index is -0.285. The zero-order valence-electron chi connectivity index (χ0n) is 14.1. The van der Waals surface area contributed by atoms with Crippen LogP contribution in [0.2, 0.25) is 0 Å². The maximum Gasteiger partial charge on any atom is 0.237 e. The van der Waals surface area contributed by atoms with Gasteiger partial charge in [0.05, 0.1) is 11.6 Å². The molecule has 1 aliphatic rings. The number of benzene rings is 2. The van der Waals surface area contributed by atoms with E-state index in [-0.39, 0.29) is 24.2 Å². The highest BCUT2D eigenvalue weighted by Gasteiger charge is 2.40. The van der Waals surface area contributed by atoms with E-state index in [2.05, 4.69) is 34.1 Å². The van der Waals surface area contributed by atoms with Crippen molar-refractivity contribution in [2.24, 2.45) is 5.92 Å². The Morgan fingerprint density at radius 1 is 1.00 bits per heavy atom. The summed E-state index contributed by atoms with van der Waals surface area (Å²) in [5, 5.41) is 0. The second-order valence-electron chi connectivity index (χ2n) is 6.62. The number of carbonyl (C=O) groups is 2. The highest BCUT2D eigenvalue weighted by molar-refractivity contribution is 9.10. The largest absolute Gasteiger partial charge is 0.274 e. The molecule has 0 unspecified atom stereocenters. The first-order chi connectivity index (χ1) is 11.3. The van der Waals surface area contributed by atoms with E-state index < -0.39 is 0 Å². The molecule has 1 saturated heterocycles. The van der Waals surface area contributed by atoms with Crippen LogP contribution in [0.5, 0.6) is 0 Å². The first-order valence-electron chi connectivity index (χ1n) is 8.05. The topological polar surface area (TPSA) is 37.4 Å². The molecular weight excluding hydrogens is 366 g/mol. The summed E-state index contributed by atoms with van der Waals surface area (Å²) in [6.07, 6.45) is 0.874. The lowest BCUT2D eigenvalue weighted by Gasteiger charge is -2.17. The molecule has 0 aliphatic carbocycles. The smallest absolute Gasteiger partial charge is 0.237 e. The average molecular weight is 386 g/mol. The molecule has 0 saturated carbocycles. The molecule has 0 spiro atoms. The summed E-state index contributed by atoms with van der Waals surface area (Å²) in [5.41, 5.74) is 5.19. The fourth-order valence-electron chi connectivity index (χ4n) is 3.37. The standard InChI is InChI=1S/C20H20BrNO2/c1-12-4-5-18(17(21)9-12)22-19(23)11-16(20(22)24)10-15-7-13(2)6-14(3)8-15/h4-9,16H,10-11H2,1-3H3/t16-/m1/s1. The molecule has 3 nitrogen and oxygen atoms in total. The number of nitrogens with zero attached hydrogens (tertiary/aromatic N) is 1. The van der Waals surface area contributed by atoms with Gasteiger partial charge in [0.1, 0.15) is 0 Å². The molecule has 124 valence electrons. The van der Waals surface area contributed by atoms with Crippen LogP contribution >= 0.6 is 15.9 Å². The molecule has 4 heteroatoms. The summed E-state index contributed by atoms with van der Waals surface area (Å²) in [7, 11) is 0. The quantitative estimate of drug-likeness (QED) is 0.729. The number of imide groups is 1. The van der Waals surface area contributed by atoms with Gasteiger partial charge in [0.15, 0.2) is 0 Å². The van der Waals surface area contributed by atoms with Gasteiger partial charge in [-0.2, -0.15) is 0 Å². The molecule has 0 N–H and O–H groups in total. The van der Waals surface area contributed by atoms with Crippen LogP contribution in [-0.2, 0) is 16.0 Å². The van der Waals surface area contributed by atoms with Crippen molar-refractivity contribution < 1.29 is 9.59 Å². The van der Waals surface area contributed by atoms with Crippen molar-refractivity contribution in [2.75, 3.05) is 4.90 Å². The molecule has 0 bridgehead atoms. The van der Waals surface area contributed by atoms with E-state index in [9.17, 15) is 9.59 Å². The van der Waals surface area contributed by atoms with Crippen LogP contribution in [0.15, 0.2) is 40.9 Å². The minimum Gasteiger partial charge on any atom is -0.274 e. The Labute approximate surface area is 150 Å². The molecule has 1 fully saturated rings. The van der Waals surface area contributed by atoms with E-state index in [0.717, 1.165) is 15.6 Å². The van der Waals surface area contributed by atoms with Gasteiger partial charge in [0.2, 0.25) is 11.8 Å². The molecule has 2 aromatic rings. The zero-order valence-corrected chi connectivity index (χ0v) is 15.7. The molecule has 2 amide bonds. The predicted octanol–water partition coefficient (Wildman–Crippen LogP) is 4.50. The molecule has 1 heterocycles. The van der Waals surface area contributed by atoms with Crippen molar-refractivity contribution in [3.63, 3.8) is 0 Å². The summed E-state index contributed by atoms with van der Waals surface area (Å²) < 4.78 is 0.774. The van der Waals surface area contributed by atoms with Crippen LogP contribution in [0.1, 0.15) is 28.7 Å². The lowest BCUT2D eigenvalue weighted by Crippen LogP contribution is -2.31. The lowest BCUT2D eigenvalue weighted by molar-refractivity contribution is -0.122. The zero-order chi connectivity index (χ0) is 17.4. The monoisotopic (exact) mass is 385 g/mol. The van der Waals surface area contributed by atoms with Gasteiger partial charge in [-0.05, 0) is 66.4 Å². The summed E-state index contributed by atoms with van der Waals surface area (Å²) in [6, 6.07) is 12.0. The Morgan fingerprint density at radius 2 is 1.67 bits per heavy atom. The number of hydrogen-bond acceptors (Lipinski definition) is 2. The van der Waals surface area contributed by atoms with Crippen LogP contribution in [0.4, 0.5) is 5.69 Å². The molecular formula is C20H20BrNO2. The minimum absolute atomic E-state index is 0.108. The van der Waals surface area contributed by atoms with Gasteiger partial charge in [0.25, 0.3) is 0 Å². The lowest BCUT2D eigenvalue weighted by atomic mass is 9.95. The van der Waals surface area contributed by atoms with Crippen molar-refractivity contribution in [3.8, 4) is 0 Å². The van der Waals surface area contributed by atoms with Crippen molar-refractivity contribution in [3.05, 3.63) is 63.1 Å². The van der Waals surface area contributed by atoms with Crippen LogP contribution in [0, 0.1) is 26.7 Å². The van der Waals surface area contributed by atoms with Crippen LogP contribution in [-0.4, -0.2) is 11.8 Å². The SMILES string of the molecule is Cc1cc(C)cc(C[C@@H]2CC(=O)N(c3ccc(C)cc3Br)C2=O)c1. The second-order valence-corrected chi connectivity index (χ2v) is 7.48. The third kappa shape index (κ3) is 3.29. The maximum absolute atomic E-state index is 12.8. The van der Waals surface area contributed by atoms with Crippen LogP contribution < -0.4 is 4.90 Å². The molecule has 3 rings (SSSR count). The van der Waals surface area contributed by atoms with Gasteiger partial charge in [-0.1, -0.05) is 35.4 Å². The Bertz CT molecular complexity index is 808. The summed E-state index contributed by atoms with van der Waals surface area (Å²) >= 11 is 3.47. The molecule has 24 heavy (non-hydrogen) atoms. The maximum atomic E-state index is 12.8. The van der Waals surface area contributed by atoms with E-state index in [1.807, 2.05) is 39.0 Å². The normalized spacial score (nSPS) is 17.7. The van der Waals surface area contributed by atoms with Crippen molar-refractivity contribution in [1.82, 2.24) is 0 Å². The third-order valence-electron chi connectivity index (χ3n) is 4.35. The van der Waals surface area contributed by atoms with Gasteiger partial charge in [0, 0.05) is 10.9 Å². The fourth-order valence-corrected chi connectivity index (χ4v) is 4.04. The predicted molar refractivity (Wildman–Crippen MR) is 99.1 cm³/mol.